The van der Waals surface area contributed by atoms with E-state index in [2.05, 4.69) is 30.4 Å². The van der Waals surface area contributed by atoms with Crippen LogP contribution in [-0.4, -0.2) is 29.5 Å². The molecule has 0 aliphatic carbocycles. The minimum absolute atomic E-state index is 0.148. The molecule has 24 heavy (non-hydrogen) atoms. The van der Waals surface area contributed by atoms with Gasteiger partial charge in [-0.25, -0.2) is 15.0 Å². The van der Waals surface area contributed by atoms with E-state index in [0.717, 1.165) is 4.52 Å². The average Bonchev–Trinajstić information content (AvgIpc) is 2.91. The molecular weight excluding hydrogens is 325 g/mol. The molecule has 0 amide bonds. The molecule has 3 aromatic rings. The highest BCUT2D eigenvalue weighted by Crippen LogP contribution is 2.27. The van der Waals surface area contributed by atoms with E-state index in [9.17, 15) is 13.2 Å². The molecule has 1 unspecified atom stereocenters. The number of fused-ring (bicyclic) bond motifs is 1. The molecule has 0 aliphatic heterocycles. The number of anilines is 2. The second kappa shape index (κ2) is 5.58. The molecule has 0 radical (unpaired) electrons. The number of alkyl halides is 3. The van der Waals surface area contributed by atoms with Crippen molar-refractivity contribution in [2.45, 2.75) is 26.1 Å². The number of nitrogens with zero attached hydrogens (tertiary/aromatic N) is 6. The van der Waals surface area contributed by atoms with Gasteiger partial charge in [0.2, 0.25) is 0 Å². The van der Waals surface area contributed by atoms with Gasteiger partial charge in [-0.3, -0.25) is 0 Å². The predicted octanol–water partition coefficient (Wildman–Crippen LogP) is 2.00. The second-order valence-electron chi connectivity index (χ2n) is 5.13. The van der Waals surface area contributed by atoms with E-state index >= 15 is 0 Å². The molecule has 126 valence electrons. The third kappa shape index (κ3) is 3.05. The van der Waals surface area contributed by atoms with Crippen LogP contribution in [0.25, 0.3) is 5.78 Å². The zero-order valence-corrected chi connectivity index (χ0v) is 12.7. The summed E-state index contributed by atoms with van der Waals surface area (Å²) in [5.74, 6) is -0.417. The van der Waals surface area contributed by atoms with Crippen LogP contribution in [0.4, 0.5) is 24.8 Å². The average molecular weight is 338 g/mol. The van der Waals surface area contributed by atoms with Crippen LogP contribution in [-0.2, 0) is 6.18 Å². The Morgan fingerprint density at radius 2 is 2.00 bits per heavy atom. The lowest BCUT2D eigenvalue weighted by atomic mass is 10.3. The van der Waals surface area contributed by atoms with Crippen molar-refractivity contribution in [1.29, 1.82) is 0 Å². The second-order valence-corrected chi connectivity index (χ2v) is 5.13. The number of halogens is 3. The highest BCUT2D eigenvalue weighted by atomic mass is 19.4. The third-order valence-electron chi connectivity index (χ3n) is 3.14. The zero-order chi connectivity index (χ0) is 17.5. The molecule has 3 N–H and O–H groups in total. The van der Waals surface area contributed by atoms with Crippen molar-refractivity contribution < 1.29 is 13.2 Å². The summed E-state index contributed by atoms with van der Waals surface area (Å²) in [7, 11) is 0. The van der Waals surface area contributed by atoms with Gasteiger partial charge in [0.05, 0.1) is 6.04 Å². The minimum atomic E-state index is -4.65. The van der Waals surface area contributed by atoms with Gasteiger partial charge in [-0.1, -0.05) is 0 Å². The predicted molar refractivity (Wildman–Crippen MR) is 79.0 cm³/mol. The molecule has 0 saturated heterocycles. The normalized spacial score (nSPS) is 13.2. The molecule has 3 rings (SSSR count). The topological polar surface area (TPSA) is 107 Å². The van der Waals surface area contributed by atoms with E-state index in [4.69, 9.17) is 5.73 Å². The molecule has 0 saturated carbocycles. The first-order chi connectivity index (χ1) is 11.2. The van der Waals surface area contributed by atoms with Gasteiger partial charge in [0, 0.05) is 18.0 Å². The van der Waals surface area contributed by atoms with Crippen molar-refractivity contribution in [1.82, 2.24) is 29.5 Å². The van der Waals surface area contributed by atoms with Crippen LogP contribution in [0.2, 0.25) is 0 Å². The highest BCUT2D eigenvalue weighted by Gasteiger charge is 2.37. The van der Waals surface area contributed by atoms with E-state index < -0.39 is 18.0 Å². The van der Waals surface area contributed by atoms with Gasteiger partial charge >= 0.3 is 6.18 Å². The minimum Gasteiger partial charge on any atom is -0.384 e. The number of hydrogen-bond acceptors (Lipinski definition) is 7. The lowest BCUT2D eigenvalue weighted by Gasteiger charge is -2.15. The quantitative estimate of drug-likeness (QED) is 0.752. The third-order valence-corrected chi connectivity index (χ3v) is 3.14. The molecule has 0 bridgehead atoms. The summed E-state index contributed by atoms with van der Waals surface area (Å²) < 4.78 is 39.4. The number of aromatic nitrogens is 6. The number of nitrogens with two attached hydrogens (primary N) is 1. The molecule has 0 spiro atoms. The summed E-state index contributed by atoms with van der Waals surface area (Å²) in [5, 5.41) is 6.49. The van der Waals surface area contributed by atoms with E-state index in [-0.39, 0.29) is 5.78 Å². The van der Waals surface area contributed by atoms with Gasteiger partial charge in [-0.05, 0) is 19.9 Å². The van der Waals surface area contributed by atoms with Crippen LogP contribution >= 0.6 is 0 Å². The fourth-order valence-corrected chi connectivity index (χ4v) is 2.09. The monoisotopic (exact) mass is 338 g/mol. The Bertz CT molecular complexity index is 889. The first-order valence-electron chi connectivity index (χ1n) is 6.90. The number of rotatable bonds is 3. The fourth-order valence-electron chi connectivity index (χ4n) is 2.09. The van der Waals surface area contributed by atoms with Crippen molar-refractivity contribution >= 4 is 17.4 Å². The molecule has 8 nitrogen and oxygen atoms in total. The van der Waals surface area contributed by atoms with Gasteiger partial charge in [0.25, 0.3) is 11.6 Å². The fraction of sp³-hybridized carbons (Fsp3) is 0.308. The largest absolute Gasteiger partial charge is 0.453 e. The molecule has 3 aromatic heterocycles. The van der Waals surface area contributed by atoms with E-state index in [1.165, 1.54) is 12.3 Å². The lowest BCUT2D eigenvalue weighted by Crippen LogP contribution is -2.15. The first-order valence-corrected chi connectivity index (χ1v) is 6.90. The maximum Gasteiger partial charge on any atom is 0.453 e. The van der Waals surface area contributed by atoms with Crippen LogP contribution in [0.5, 0.6) is 0 Å². The van der Waals surface area contributed by atoms with E-state index in [0.29, 0.717) is 23.2 Å². The Morgan fingerprint density at radius 1 is 1.25 bits per heavy atom. The molecular formula is C13H13F3N8. The number of hydrogen-bond donors (Lipinski definition) is 2. The Kier molecular flexibility index (Phi) is 3.70. The van der Waals surface area contributed by atoms with Crippen LogP contribution in [0.15, 0.2) is 18.3 Å². The standard InChI is InChI=1S/C13H13F3N8/c1-6-5-9(20-7(2)10-18-4-3-8(17)21-10)24-12(19-6)22-11(23-24)13(14,15)16/h3-5,7,20H,1-2H3,(H2,17,18,21). The van der Waals surface area contributed by atoms with Gasteiger partial charge in [0.15, 0.2) is 5.82 Å². The summed E-state index contributed by atoms with van der Waals surface area (Å²) in [6.45, 7) is 3.40. The van der Waals surface area contributed by atoms with Crippen LogP contribution in [0.3, 0.4) is 0 Å². The summed E-state index contributed by atoms with van der Waals surface area (Å²) in [6, 6.07) is 2.68. The summed E-state index contributed by atoms with van der Waals surface area (Å²) in [5.41, 5.74) is 6.11. The zero-order valence-electron chi connectivity index (χ0n) is 12.7. The van der Waals surface area contributed by atoms with Gasteiger partial charge in [0.1, 0.15) is 11.6 Å². The smallest absolute Gasteiger partial charge is 0.384 e. The van der Waals surface area contributed by atoms with Crippen molar-refractivity contribution in [3.63, 3.8) is 0 Å². The van der Waals surface area contributed by atoms with Crippen LogP contribution < -0.4 is 11.1 Å². The molecule has 1 atom stereocenters. The van der Waals surface area contributed by atoms with Gasteiger partial charge in [-0.2, -0.15) is 22.7 Å². The summed E-state index contributed by atoms with van der Waals surface area (Å²) >= 11 is 0. The maximum absolute atomic E-state index is 12.8. The van der Waals surface area contributed by atoms with Crippen molar-refractivity contribution in [3.05, 3.63) is 35.7 Å². The van der Waals surface area contributed by atoms with Crippen molar-refractivity contribution in [3.8, 4) is 0 Å². The molecule has 0 aliphatic rings. The van der Waals surface area contributed by atoms with Crippen molar-refractivity contribution in [2.24, 2.45) is 0 Å². The van der Waals surface area contributed by atoms with Crippen LogP contribution in [0, 0.1) is 6.92 Å². The Morgan fingerprint density at radius 3 is 2.67 bits per heavy atom. The molecule has 11 heteroatoms. The Hall–Kier alpha value is -2.98. The number of nitrogen functional groups attached to an aromatic ring is 1. The summed E-state index contributed by atoms with van der Waals surface area (Å²) in [4.78, 5) is 15.6. The van der Waals surface area contributed by atoms with E-state index in [1.54, 1.807) is 19.9 Å². The molecule has 0 aromatic carbocycles. The lowest BCUT2D eigenvalue weighted by molar-refractivity contribution is -0.144. The van der Waals surface area contributed by atoms with Crippen LogP contribution in [0.1, 0.15) is 30.3 Å². The van der Waals surface area contributed by atoms with Gasteiger partial charge in [-0.15, -0.1) is 5.10 Å². The highest BCUT2D eigenvalue weighted by molar-refractivity contribution is 5.46. The Balaban J connectivity index is 2.01. The Labute approximate surface area is 134 Å². The first kappa shape index (κ1) is 15.9. The maximum atomic E-state index is 12.8. The van der Waals surface area contributed by atoms with Gasteiger partial charge < -0.3 is 11.1 Å². The number of aryl methyl sites for hydroxylation is 1. The number of nitrogens with one attached hydrogen (secondary N) is 1. The van der Waals surface area contributed by atoms with Crippen molar-refractivity contribution in [2.75, 3.05) is 11.1 Å². The van der Waals surface area contributed by atoms with E-state index in [1.807, 2.05) is 0 Å². The summed E-state index contributed by atoms with van der Waals surface area (Å²) in [6.07, 6.45) is -3.15. The SMILES string of the molecule is Cc1cc(NC(C)c2nccc(N)n2)n2nc(C(F)(F)F)nc2n1. The molecule has 0 fully saturated rings. The molecule has 3 heterocycles.